The number of anilines is 2. The Balaban J connectivity index is 2.25. The average molecular weight is 246 g/mol. The lowest BCUT2D eigenvalue weighted by Gasteiger charge is -2.09. The zero-order valence-electron chi connectivity index (χ0n) is 9.35. The summed E-state index contributed by atoms with van der Waals surface area (Å²) in [5.41, 5.74) is 3.14. The first-order valence-electron chi connectivity index (χ1n) is 5.19. The number of rotatable bonds is 3. The Morgan fingerprint density at radius 2 is 2.00 bits per heavy atom. The molecule has 0 aliphatic rings. The van der Waals surface area contributed by atoms with Crippen molar-refractivity contribution in [1.82, 2.24) is 4.98 Å². The van der Waals surface area contributed by atoms with Gasteiger partial charge in [-0.15, -0.1) is 0 Å². The van der Waals surface area contributed by atoms with Crippen LogP contribution in [0.5, 0.6) is 0 Å². The second-order valence-corrected chi connectivity index (χ2v) is 3.50. The molecule has 18 heavy (non-hydrogen) atoms. The summed E-state index contributed by atoms with van der Waals surface area (Å²) in [5.74, 6) is 4.29. The van der Waals surface area contributed by atoms with Crippen LogP contribution in [0.25, 0.3) is 0 Å². The lowest BCUT2D eigenvalue weighted by Crippen LogP contribution is -2.18. The molecule has 1 heterocycles. The highest BCUT2D eigenvalue weighted by atomic mass is 19.1. The first-order chi connectivity index (χ1) is 8.72. The van der Waals surface area contributed by atoms with Gasteiger partial charge in [0.05, 0.1) is 16.9 Å². The molecule has 1 aromatic heterocycles. The van der Waals surface area contributed by atoms with Crippen LogP contribution in [0.1, 0.15) is 10.4 Å². The number of benzene rings is 1. The molecular formula is C12H11FN4O. The fourth-order valence-corrected chi connectivity index (χ4v) is 1.45. The first-order valence-corrected chi connectivity index (χ1v) is 5.19. The van der Waals surface area contributed by atoms with E-state index in [2.05, 4.69) is 15.7 Å². The summed E-state index contributed by atoms with van der Waals surface area (Å²) in [6.45, 7) is 0. The molecule has 0 aliphatic carbocycles. The van der Waals surface area contributed by atoms with Gasteiger partial charge in [0.15, 0.2) is 0 Å². The second-order valence-electron chi connectivity index (χ2n) is 3.50. The Bertz CT molecular complexity index is 574. The van der Waals surface area contributed by atoms with Crippen LogP contribution in [0.3, 0.4) is 0 Å². The van der Waals surface area contributed by atoms with Crippen molar-refractivity contribution >= 4 is 17.3 Å². The summed E-state index contributed by atoms with van der Waals surface area (Å²) in [6, 6.07) is 7.46. The number of hydrogen-bond donors (Lipinski definition) is 3. The minimum Gasteiger partial charge on any atom is -0.323 e. The maximum atomic E-state index is 13.4. The largest absolute Gasteiger partial charge is 0.323 e. The molecule has 0 fully saturated rings. The lowest BCUT2D eigenvalue weighted by atomic mass is 10.2. The fourth-order valence-electron chi connectivity index (χ4n) is 1.45. The van der Waals surface area contributed by atoms with Crippen LogP contribution in [0, 0.1) is 5.82 Å². The highest BCUT2D eigenvalue weighted by Crippen LogP contribution is 2.17. The minimum absolute atomic E-state index is 0.106. The molecule has 0 saturated heterocycles. The zero-order valence-corrected chi connectivity index (χ0v) is 9.35. The molecule has 0 spiro atoms. The van der Waals surface area contributed by atoms with Crippen molar-refractivity contribution < 1.29 is 9.18 Å². The number of nitrogens with two attached hydrogens (primary N) is 1. The van der Waals surface area contributed by atoms with Gasteiger partial charge in [0.2, 0.25) is 0 Å². The molecule has 1 aromatic carbocycles. The molecular weight excluding hydrogens is 235 g/mol. The van der Waals surface area contributed by atoms with E-state index in [1.165, 1.54) is 24.5 Å². The van der Waals surface area contributed by atoms with E-state index >= 15 is 0 Å². The monoisotopic (exact) mass is 246 g/mol. The van der Waals surface area contributed by atoms with Crippen molar-refractivity contribution in [3.63, 3.8) is 0 Å². The number of hydrogen-bond acceptors (Lipinski definition) is 4. The molecule has 6 heteroatoms. The lowest BCUT2D eigenvalue weighted by molar-refractivity contribution is 0.102. The van der Waals surface area contributed by atoms with E-state index < -0.39 is 11.7 Å². The van der Waals surface area contributed by atoms with E-state index in [1.807, 2.05) is 0 Å². The third-order valence-corrected chi connectivity index (χ3v) is 2.34. The Morgan fingerprint density at radius 3 is 2.72 bits per heavy atom. The molecule has 5 nitrogen and oxygen atoms in total. The van der Waals surface area contributed by atoms with Gasteiger partial charge < -0.3 is 10.7 Å². The van der Waals surface area contributed by atoms with Crippen molar-refractivity contribution in [3.05, 3.63) is 54.1 Å². The van der Waals surface area contributed by atoms with E-state index in [9.17, 15) is 9.18 Å². The fraction of sp³-hybridized carbons (Fsp3) is 0. The highest BCUT2D eigenvalue weighted by molar-refractivity contribution is 6.07. The van der Waals surface area contributed by atoms with Crippen molar-refractivity contribution in [2.75, 3.05) is 10.7 Å². The number of hydrazine groups is 1. The Morgan fingerprint density at radius 1 is 1.22 bits per heavy atom. The zero-order chi connectivity index (χ0) is 13.0. The predicted molar refractivity (Wildman–Crippen MR) is 66.4 cm³/mol. The highest BCUT2D eigenvalue weighted by Gasteiger charge is 2.12. The quantitative estimate of drug-likeness (QED) is 0.569. The first kappa shape index (κ1) is 12.0. The van der Waals surface area contributed by atoms with E-state index in [4.69, 9.17) is 5.84 Å². The maximum absolute atomic E-state index is 13.4. The van der Waals surface area contributed by atoms with Crippen molar-refractivity contribution in [1.29, 1.82) is 0 Å². The SMILES string of the molecule is NNc1ccncc1C(=O)Nc1ccccc1F. The van der Waals surface area contributed by atoms with Crippen LogP contribution in [0.2, 0.25) is 0 Å². The Labute approximate surface area is 103 Å². The number of carbonyl (C=O) groups excluding carboxylic acids is 1. The third kappa shape index (κ3) is 2.44. The van der Waals surface area contributed by atoms with E-state index in [0.717, 1.165) is 0 Å². The Hall–Kier alpha value is -2.47. The second kappa shape index (κ2) is 5.24. The summed E-state index contributed by atoms with van der Waals surface area (Å²) in [6.07, 6.45) is 2.85. The van der Waals surface area contributed by atoms with Gasteiger partial charge in [-0.1, -0.05) is 12.1 Å². The number of pyridine rings is 1. The summed E-state index contributed by atoms with van der Waals surface area (Å²) in [4.78, 5) is 15.8. The standard InChI is InChI=1S/C12H11FN4O/c13-9-3-1-2-4-11(9)16-12(18)8-7-15-6-5-10(8)17-14/h1-7H,14H2,(H,15,17)(H,16,18). The van der Waals surface area contributed by atoms with Crippen LogP contribution in [0.4, 0.5) is 15.8 Å². The van der Waals surface area contributed by atoms with Gasteiger partial charge in [-0.2, -0.15) is 0 Å². The van der Waals surface area contributed by atoms with Crippen molar-refractivity contribution in [3.8, 4) is 0 Å². The number of nitrogens with zero attached hydrogens (tertiary/aromatic N) is 1. The molecule has 0 radical (unpaired) electrons. The van der Waals surface area contributed by atoms with Crippen LogP contribution in [-0.2, 0) is 0 Å². The van der Waals surface area contributed by atoms with Crippen molar-refractivity contribution in [2.45, 2.75) is 0 Å². The molecule has 2 aromatic rings. The molecule has 0 unspecified atom stereocenters. The average Bonchev–Trinajstić information content (AvgIpc) is 2.41. The molecule has 4 N–H and O–H groups in total. The minimum atomic E-state index is -0.503. The molecule has 2 rings (SSSR count). The third-order valence-electron chi connectivity index (χ3n) is 2.34. The van der Waals surface area contributed by atoms with Crippen LogP contribution in [-0.4, -0.2) is 10.9 Å². The molecule has 1 amide bonds. The van der Waals surface area contributed by atoms with Gasteiger partial charge in [0.25, 0.3) is 5.91 Å². The number of nitrogens with one attached hydrogen (secondary N) is 2. The maximum Gasteiger partial charge on any atom is 0.259 e. The van der Waals surface area contributed by atoms with Gasteiger partial charge in [-0.05, 0) is 18.2 Å². The molecule has 0 saturated carbocycles. The molecule has 0 aliphatic heterocycles. The molecule has 92 valence electrons. The van der Waals surface area contributed by atoms with Gasteiger partial charge in [0, 0.05) is 12.4 Å². The molecule has 0 atom stereocenters. The summed E-state index contributed by atoms with van der Waals surface area (Å²) in [5, 5.41) is 2.45. The van der Waals surface area contributed by atoms with E-state index in [1.54, 1.807) is 18.2 Å². The van der Waals surface area contributed by atoms with Gasteiger partial charge in [0.1, 0.15) is 5.82 Å². The van der Waals surface area contributed by atoms with Crippen LogP contribution < -0.4 is 16.6 Å². The van der Waals surface area contributed by atoms with Gasteiger partial charge in [-0.25, -0.2) is 4.39 Å². The van der Waals surface area contributed by atoms with Crippen LogP contribution in [0.15, 0.2) is 42.7 Å². The number of carbonyl (C=O) groups is 1. The number of nitrogen functional groups attached to an aromatic ring is 1. The van der Waals surface area contributed by atoms with E-state index in [-0.39, 0.29) is 11.3 Å². The van der Waals surface area contributed by atoms with Crippen LogP contribution >= 0.6 is 0 Å². The normalized spacial score (nSPS) is 9.89. The number of aromatic nitrogens is 1. The number of amides is 1. The van der Waals surface area contributed by atoms with Gasteiger partial charge in [-0.3, -0.25) is 15.6 Å². The van der Waals surface area contributed by atoms with E-state index in [0.29, 0.717) is 5.69 Å². The predicted octanol–water partition coefficient (Wildman–Crippen LogP) is 1.76. The van der Waals surface area contributed by atoms with Crippen molar-refractivity contribution in [2.24, 2.45) is 5.84 Å². The number of halogens is 1. The van der Waals surface area contributed by atoms with Gasteiger partial charge >= 0.3 is 0 Å². The summed E-state index contributed by atoms with van der Waals surface area (Å²) < 4.78 is 13.4. The molecule has 0 bridgehead atoms. The smallest absolute Gasteiger partial charge is 0.259 e. The summed E-state index contributed by atoms with van der Waals surface area (Å²) >= 11 is 0. The summed E-state index contributed by atoms with van der Waals surface area (Å²) in [7, 11) is 0. The number of para-hydroxylation sites is 1. The Kier molecular flexibility index (Phi) is 3.49. The topological polar surface area (TPSA) is 80.0 Å².